The van der Waals surface area contributed by atoms with E-state index in [9.17, 15) is 8.78 Å². The molecular weight excluding hydrogens is 416 g/mol. The Hall–Kier alpha value is -2.87. The number of guanidine groups is 1. The minimum absolute atomic E-state index is 0.0998. The van der Waals surface area contributed by atoms with E-state index in [0.29, 0.717) is 37.8 Å². The SMILES string of the molecule is CCNC(=NCc1ccccc1OC(F)F)NCC1(c2ccc(OC)cc2)CCOCC1. The van der Waals surface area contributed by atoms with E-state index in [1.165, 1.54) is 11.6 Å². The van der Waals surface area contributed by atoms with Crippen molar-refractivity contribution in [2.24, 2.45) is 4.99 Å². The third-order valence-corrected chi connectivity index (χ3v) is 5.69. The first kappa shape index (κ1) is 23.8. The summed E-state index contributed by atoms with van der Waals surface area (Å²) in [7, 11) is 1.66. The molecule has 0 radical (unpaired) electrons. The van der Waals surface area contributed by atoms with Crippen LogP contribution in [0.4, 0.5) is 8.78 Å². The molecular formula is C24H31F2N3O3. The summed E-state index contributed by atoms with van der Waals surface area (Å²) in [5.41, 5.74) is 1.72. The van der Waals surface area contributed by atoms with Gasteiger partial charge in [0.05, 0.1) is 13.7 Å². The first-order valence-corrected chi connectivity index (χ1v) is 10.8. The summed E-state index contributed by atoms with van der Waals surface area (Å²) in [5, 5.41) is 6.69. The van der Waals surface area contributed by atoms with Crippen LogP contribution in [0.2, 0.25) is 0 Å². The van der Waals surface area contributed by atoms with Gasteiger partial charge in [0.2, 0.25) is 0 Å². The lowest BCUT2D eigenvalue weighted by Gasteiger charge is -2.38. The molecule has 0 unspecified atom stereocenters. The summed E-state index contributed by atoms with van der Waals surface area (Å²) in [6, 6.07) is 14.9. The number of para-hydroxylation sites is 1. The summed E-state index contributed by atoms with van der Waals surface area (Å²) in [6.07, 6.45) is 1.77. The summed E-state index contributed by atoms with van der Waals surface area (Å²) < 4.78 is 40.9. The van der Waals surface area contributed by atoms with Crippen LogP contribution in [0.3, 0.4) is 0 Å². The van der Waals surface area contributed by atoms with Gasteiger partial charge in [0.15, 0.2) is 5.96 Å². The molecule has 1 saturated heterocycles. The van der Waals surface area contributed by atoms with E-state index >= 15 is 0 Å². The molecule has 3 rings (SSSR count). The van der Waals surface area contributed by atoms with Crippen molar-refractivity contribution in [3.63, 3.8) is 0 Å². The number of alkyl halides is 2. The molecule has 1 aliphatic rings. The van der Waals surface area contributed by atoms with E-state index in [1.54, 1.807) is 25.3 Å². The van der Waals surface area contributed by atoms with Crippen LogP contribution in [-0.2, 0) is 16.7 Å². The minimum atomic E-state index is -2.87. The number of rotatable bonds is 9. The van der Waals surface area contributed by atoms with Crippen LogP contribution >= 0.6 is 0 Å². The number of halogens is 2. The first-order chi connectivity index (χ1) is 15.6. The van der Waals surface area contributed by atoms with Gasteiger partial charge >= 0.3 is 6.61 Å². The van der Waals surface area contributed by atoms with Crippen LogP contribution in [0, 0.1) is 0 Å². The summed E-state index contributed by atoms with van der Waals surface area (Å²) in [4.78, 5) is 4.61. The molecule has 2 aromatic carbocycles. The van der Waals surface area contributed by atoms with Gasteiger partial charge in [0.1, 0.15) is 11.5 Å². The van der Waals surface area contributed by atoms with Crippen molar-refractivity contribution >= 4 is 5.96 Å². The van der Waals surface area contributed by atoms with Gasteiger partial charge in [-0.2, -0.15) is 8.78 Å². The standard InChI is InChI=1S/C24H31F2N3O3/c1-3-27-23(28-16-18-6-4-5-7-21(18)32-22(25)26)29-17-24(12-14-31-15-13-24)19-8-10-20(30-2)11-9-19/h4-11,22H,3,12-17H2,1-2H3,(H2,27,28,29). The average molecular weight is 448 g/mol. The molecule has 0 aliphatic carbocycles. The van der Waals surface area contributed by atoms with Crippen LogP contribution in [-0.4, -0.2) is 46.0 Å². The van der Waals surface area contributed by atoms with Crippen LogP contribution in [0.5, 0.6) is 11.5 Å². The van der Waals surface area contributed by atoms with E-state index in [-0.39, 0.29) is 17.7 Å². The van der Waals surface area contributed by atoms with Gasteiger partial charge in [-0.1, -0.05) is 30.3 Å². The first-order valence-electron chi connectivity index (χ1n) is 10.8. The predicted octanol–water partition coefficient (Wildman–Crippen LogP) is 4.10. The molecule has 174 valence electrons. The number of aliphatic imine (C=N–C) groups is 1. The Morgan fingerprint density at radius 2 is 1.81 bits per heavy atom. The Kier molecular flexibility index (Phi) is 8.67. The lowest BCUT2D eigenvalue weighted by molar-refractivity contribution is -0.0504. The van der Waals surface area contributed by atoms with Crippen molar-refractivity contribution in [2.75, 3.05) is 33.4 Å². The fraction of sp³-hybridized carbons (Fsp3) is 0.458. The molecule has 1 heterocycles. The average Bonchev–Trinajstić information content (AvgIpc) is 2.82. The van der Waals surface area contributed by atoms with Crippen LogP contribution < -0.4 is 20.1 Å². The molecule has 6 nitrogen and oxygen atoms in total. The number of hydrogen-bond acceptors (Lipinski definition) is 4. The molecule has 0 atom stereocenters. The number of nitrogens with one attached hydrogen (secondary N) is 2. The van der Waals surface area contributed by atoms with Crippen molar-refractivity contribution in [3.05, 3.63) is 59.7 Å². The zero-order valence-electron chi connectivity index (χ0n) is 18.6. The van der Waals surface area contributed by atoms with Gasteiger partial charge in [-0.05, 0) is 43.5 Å². The Labute approximate surface area is 188 Å². The second kappa shape index (κ2) is 11.7. The third kappa shape index (κ3) is 6.32. The van der Waals surface area contributed by atoms with Crippen LogP contribution in [0.25, 0.3) is 0 Å². The maximum atomic E-state index is 12.7. The summed E-state index contributed by atoms with van der Waals surface area (Å²) in [5.74, 6) is 1.59. The number of hydrogen-bond donors (Lipinski definition) is 2. The van der Waals surface area contributed by atoms with Crippen molar-refractivity contribution in [3.8, 4) is 11.5 Å². The number of methoxy groups -OCH3 is 1. The second-order valence-electron chi connectivity index (χ2n) is 7.66. The molecule has 8 heteroatoms. The van der Waals surface area contributed by atoms with Gasteiger partial charge in [-0.15, -0.1) is 0 Å². The normalized spacial score (nSPS) is 16.0. The topological polar surface area (TPSA) is 64.1 Å². The van der Waals surface area contributed by atoms with Gasteiger partial charge in [0.25, 0.3) is 0 Å². The minimum Gasteiger partial charge on any atom is -0.497 e. The van der Waals surface area contributed by atoms with E-state index in [4.69, 9.17) is 9.47 Å². The van der Waals surface area contributed by atoms with Crippen molar-refractivity contribution in [2.45, 2.75) is 38.3 Å². The van der Waals surface area contributed by atoms with Crippen molar-refractivity contribution in [1.82, 2.24) is 10.6 Å². The Morgan fingerprint density at radius 3 is 2.47 bits per heavy atom. The Morgan fingerprint density at radius 1 is 1.09 bits per heavy atom. The lowest BCUT2D eigenvalue weighted by Crippen LogP contribution is -2.48. The zero-order chi connectivity index (χ0) is 22.8. The molecule has 1 fully saturated rings. The molecule has 1 aliphatic heterocycles. The fourth-order valence-corrected chi connectivity index (χ4v) is 3.88. The highest BCUT2D eigenvalue weighted by Crippen LogP contribution is 2.35. The Balaban J connectivity index is 1.75. The van der Waals surface area contributed by atoms with Gasteiger partial charge in [-0.3, -0.25) is 0 Å². The number of nitrogens with zero attached hydrogens (tertiary/aromatic N) is 1. The molecule has 0 bridgehead atoms. The maximum Gasteiger partial charge on any atom is 0.387 e. The number of benzene rings is 2. The largest absolute Gasteiger partial charge is 0.497 e. The highest BCUT2D eigenvalue weighted by molar-refractivity contribution is 5.80. The molecule has 0 spiro atoms. The zero-order valence-corrected chi connectivity index (χ0v) is 18.6. The highest BCUT2D eigenvalue weighted by atomic mass is 19.3. The molecule has 0 amide bonds. The lowest BCUT2D eigenvalue weighted by atomic mass is 9.74. The van der Waals surface area contributed by atoms with Crippen LogP contribution in [0.1, 0.15) is 30.9 Å². The smallest absolute Gasteiger partial charge is 0.387 e. The fourth-order valence-electron chi connectivity index (χ4n) is 3.88. The highest BCUT2D eigenvalue weighted by Gasteiger charge is 2.34. The molecule has 2 N–H and O–H groups in total. The summed E-state index contributed by atoms with van der Waals surface area (Å²) in [6.45, 7) is 2.07. The maximum absolute atomic E-state index is 12.7. The van der Waals surface area contributed by atoms with Gasteiger partial charge in [0, 0.05) is 37.3 Å². The van der Waals surface area contributed by atoms with Gasteiger partial charge < -0.3 is 24.8 Å². The molecule has 32 heavy (non-hydrogen) atoms. The van der Waals surface area contributed by atoms with E-state index in [1.807, 2.05) is 19.1 Å². The summed E-state index contributed by atoms with van der Waals surface area (Å²) >= 11 is 0. The van der Waals surface area contributed by atoms with Crippen molar-refractivity contribution < 1.29 is 23.0 Å². The van der Waals surface area contributed by atoms with Crippen molar-refractivity contribution in [1.29, 1.82) is 0 Å². The molecule has 0 saturated carbocycles. The van der Waals surface area contributed by atoms with E-state index in [2.05, 4.69) is 32.5 Å². The van der Waals surface area contributed by atoms with Crippen LogP contribution in [0.15, 0.2) is 53.5 Å². The van der Waals surface area contributed by atoms with Gasteiger partial charge in [-0.25, -0.2) is 4.99 Å². The monoisotopic (exact) mass is 447 g/mol. The number of ether oxygens (including phenoxy) is 3. The van der Waals surface area contributed by atoms with E-state index in [0.717, 1.165) is 18.6 Å². The quantitative estimate of drug-likeness (QED) is 0.448. The van der Waals surface area contributed by atoms with E-state index < -0.39 is 6.61 Å². The predicted molar refractivity (Wildman–Crippen MR) is 121 cm³/mol. The Bertz CT molecular complexity index is 869. The molecule has 2 aromatic rings. The molecule has 0 aromatic heterocycles. The third-order valence-electron chi connectivity index (χ3n) is 5.69. The second-order valence-corrected chi connectivity index (χ2v) is 7.66.